The quantitative estimate of drug-likeness (QED) is 0.712. The summed E-state index contributed by atoms with van der Waals surface area (Å²) in [6, 6.07) is 7.89. The van der Waals surface area contributed by atoms with E-state index in [0.29, 0.717) is 24.8 Å². The molecule has 1 aliphatic carbocycles. The average molecular weight is 348 g/mol. The fraction of sp³-hybridized carbons (Fsp3) is 0.318. The highest BCUT2D eigenvalue weighted by molar-refractivity contribution is 6.01. The van der Waals surface area contributed by atoms with Gasteiger partial charge in [-0.25, -0.2) is 4.98 Å². The van der Waals surface area contributed by atoms with Crippen molar-refractivity contribution in [3.8, 4) is 0 Å². The lowest BCUT2D eigenvalue weighted by molar-refractivity contribution is -0.115. The minimum Gasteiger partial charge on any atom is -0.330 e. The number of carbonyl (C=O) groups excluding carboxylic acids is 2. The Morgan fingerprint density at radius 2 is 1.96 bits per heavy atom. The van der Waals surface area contributed by atoms with Gasteiger partial charge in [-0.05, 0) is 43.9 Å². The molecule has 4 nitrogen and oxygen atoms in total. The van der Waals surface area contributed by atoms with Crippen LogP contribution in [0.3, 0.4) is 0 Å². The van der Waals surface area contributed by atoms with Crippen molar-refractivity contribution in [1.29, 1.82) is 0 Å². The van der Waals surface area contributed by atoms with E-state index in [4.69, 9.17) is 0 Å². The van der Waals surface area contributed by atoms with Gasteiger partial charge in [-0.15, -0.1) is 0 Å². The van der Waals surface area contributed by atoms with Crippen LogP contribution in [0.5, 0.6) is 0 Å². The lowest BCUT2D eigenvalue weighted by atomic mass is 9.89. The van der Waals surface area contributed by atoms with Crippen molar-refractivity contribution in [2.75, 3.05) is 0 Å². The normalized spacial score (nSPS) is 15.8. The molecule has 0 saturated heterocycles. The minimum absolute atomic E-state index is 0.0752. The first-order chi connectivity index (χ1) is 12.5. The summed E-state index contributed by atoms with van der Waals surface area (Å²) in [5.41, 5.74) is 4.71. The molecule has 0 N–H and O–H groups in total. The summed E-state index contributed by atoms with van der Waals surface area (Å²) < 4.78 is 2.02. The maximum absolute atomic E-state index is 12.5. The van der Waals surface area contributed by atoms with E-state index in [2.05, 4.69) is 11.9 Å². The number of ketones is 2. The summed E-state index contributed by atoms with van der Waals surface area (Å²) in [5.74, 6) is 0.228. The lowest BCUT2D eigenvalue weighted by Crippen LogP contribution is -2.11. The zero-order valence-corrected chi connectivity index (χ0v) is 15.5. The highest BCUT2D eigenvalue weighted by atomic mass is 16.1. The van der Waals surface area contributed by atoms with Gasteiger partial charge in [0.15, 0.2) is 11.6 Å². The van der Waals surface area contributed by atoms with Crippen molar-refractivity contribution in [1.82, 2.24) is 9.55 Å². The van der Waals surface area contributed by atoms with Crippen LogP contribution in [0, 0.1) is 0 Å². The van der Waals surface area contributed by atoms with Crippen LogP contribution in [0.1, 0.15) is 62.0 Å². The van der Waals surface area contributed by atoms with E-state index in [1.165, 1.54) is 0 Å². The topological polar surface area (TPSA) is 52.0 Å². The fourth-order valence-electron chi connectivity index (χ4n) is 3.43. The number of allylic oxidation sites excluding steroid dienone is 4. The first kappa shape index (κ1) is 18.1. The molecule has 0 fully saturated rings. The van der Waals surface area contributed by atoms with Crippen molar-refractivity contribution >= 4 is 11.6 Å². The molecular weight excluding hydrogens is 324 g/mol. The van der Waals surface area contributed by atoms with Crippen LogP contribution in [0.25, 0.3) is 0 Å². The maximum Gasteiger partial charge on any atom is 0.163 e. The van der Waals surface area contributed by atoms with Gasteiger partial charge in [0.1, 0.15) is 0 Å². The van der Waals surface area contributed by atoms with Gasteiger partial charge < -0.3 is 4.57 Å². The maximum atomic E-state index is 12.5. The van der Waals surface area contributed by atoms with E-state index >= 15 is 0 Å². The summed E-state index contributed by atoms with van der Waals surface area (Å²) in [6.07, 6.45) is 8.87. The molecule has 26 heavy (non-hydrogen) atoms. The minimum atomic E-state index is 0.0752. The van der Waals surface area contributed by atoms with E-state index < -0.39 is 0 Å². The first-order valence-electron chi connectivity index (χ1n) is 8.96. The van der Waals surface area contributed by atoms with Crippen LogP contribution < -0.4 is 0 Å². The van der Waals surface area contributed by atoms with Crippen molar-refractivity contribution < 1.29 is 9.59 Å². The Morgan fingerprint density at radius 3 is 2.58 bits per heavy atom. The molecule has 0 bridgehead atoms. The number of Topliss-reactive ketones (excluding diaryl/α,β-unsaturated/α-hetero) is 2. The van der Waals surface area contributed by atoms with Crippen LogP contribution in [0.4, 0.5) is 0 Å². The second-order valence-corrected chi connectivity index (χ2v) is 6.98. The van der Waals surface area contributed by atoms with Crippen LogP contribution in [0.15, 0.2) is 65.8 Å². The van der Waals surface area contributed by atoms with Crippen molar-refractivity contribution in [2.24, 2.45) is 0 Å². The number of aromatic nitrogens is 2. The van der Waals surface area contributed by atoms with Crippen molar-refractivity contribution in [3.63, 3.8) is 0 Å². The van der Waals surface area contributed by atoms with Gasteiger partial charge in [0.2, 0.25) is 0 Å². The van der Waals surface area contributed by atoms with E-state index in [-0.39, 0.29) is 17.6 Å². The number of carbonyl (C=O) groups is 2. The van der Waals surface area contributed by atoms with Gasteiger partial charge in [-0.1, -0.05) is 35.9 Å². The Labute approximate surface area is 154 Å². The monoisotopic (exact) mass is 348 g/mol. The molecule has 3 rings (SSSR count). The standard InChI is InChI=1S/C22H24N2O2/c1-15-12-16(2)20(22(26)13-15)8-9-21(25)19-6-4-18(5-7-19)17(3)24-11-10-23-14-24/h4-7,10-12,14,17H,8-9,13H2,1-3H3. The summed E-state index contributed by atoms with van der Waals surface area (Å²) in [6.45, 7) is 6.01. The van der Waals surface area contributed by atoms with Gasteiger partial charge in [0.05, 0.1) is 12.4 Å². The van der Waals surface area contributed by atoms with Crippen LogP contribution in [0.2, 0.25) is 0 Å². The molecule has 0 saturated carbocycles. The van der Waals surface area contributed by atoms with Crippen molar-refractivity contribution in [2.45, 2.75) is 46.1 Å². The molecule has 1 aromatic heterocycles. The molecule has 1 atom stereocenters. The molecule has 1 aliphatic rings. The van der Waals surface area contributed by atoms with E-state index in [0.717, 1.165) is 22.3 Å². The molecule has 134 valence electrons. The number of nitrogens with zero attached hydrogens (tertiary/aromatic N) is 2. The molecule has 1 unspecified atom stereocenters. The summed E-state index contributed by atoms with van der Waals surface area (Å²) in [5, 5.41) is 0. The Hall–Kier alpha value is -2.75. The molecule has 0 radical (unpaired) electrons. The third-order valence-corrected chi connectivity index (χ3v) is 5.00. The largest absolute Gasteiger partial charge is 0.330 e. The first-order valence-corrected chi connectivity index (χ1v) is 8.96. The van der Waals surface area contributed by atoms with E-state index in [9.17, 15) is 9.59 Å². The predicted octanol–water partition coefficient (Wildman–Crippen LogP) is 4.69. The van der Waals surface area contributed by atoms with Crippen LogP contribution >= 0.6 is 0 Å². The van der Waals surface area contributed by atoms with E-state index in [1.807, 2.05) is 55.0 Å². The zero-order chi connectivity index (χ0) is 18.7. The average Bonchev–Trinajstić information content (AvgIpc) is 3.14. The third kappa shape index (κ3) is 3.90. The van der Waals surface area contributed by atoms with Crippen LogP contribution in [-0.2, 0) is 4.79 Å². The molecule has 0 amide bonds. The van der Waals surface area contributed by atoms with Gasteiger partial charge in [-0.2, -0.15) is 0 Å². The molecule has 1 aromatic carbocycles. The second kappa shape index (κ2) is 7.65. The Bertz CT molecular complexity index is 871. The predicted molar refractivity (Wildman–Crippen MR) is 102 cm³/mol. The third-order valence-electron chi connectivity index (χ3n) is 5.00. The fourth-order valence-corrected chi connectivity index (χ4v) is 3.43. The molecule has 2 aromatic rings. The van der Waals surface area contributed by atoms with Crippen molar-refractivity contribution in [3.05, 3.63) is 76.9 Å². The molecule has 1 heterocycles. The zero-order valence-electron chi connectivity index (χ0n) is 15.5. The number of benzene rings is 1. The van der Waals surface area contributed by atoms with Gasteiger partial charge in [0, 0.05) is 30.8 Å². The van der Waals surface area contributed by atoms with Gasteiger partial charge in [0.25, 0.3) is 0 Å². The smallest absolute Gasteiger partial charge is 0.163 e. The second-order valence-electron chi connectivity index (χ2n) is 6.98. The van der Waals surface area contributed by atoms with Gasteiger partial charge >= 0.3 is 0 Å². The van der Waals surface area contributed by atoms with E-state index in [1.54, 1.807) is 12.5 Å². The number of hydrogen-bond acceptors (Lipinski definition) is 3. The highest BCUT2D eigenvalue weighted by Crippen LogP contribution is 2.25. The summed E-state index contributed by atoms with van der Waals surface area (Å²) in [7, 11) is 0. The Morgan fingerprint density at radius 1 is 1.23 bits per heavy atom. The Balaban J connectivity index is 1.65. The molecule has 0 aliphatic heterocycles. The Kier molecular flexibility index (Phi) is 5.31. The SMILES string of the molecule is CC1=CC(C)=C(CCC(=O)c2ccc(C(C)n3ccnc3)cc2)C(=O)C1. The number of rotatable bonds is 6. The van der Waals surface area contributed by atoms with Crippen LogP contribution in [-0.4, -0.2) is 21.1 Å². The highest BCUT2D eigenvalue weighted by Gasteiger charge is 2.19. The number of hydrogen-bond donors (Lipinski definition) is 0. The van der Waals surface area contributed by atoms with Gasteiger partial charge in [-0.3, -0.25) is 9.59 Å². The summed E-state index contributed by atoms with van der Waals surface area (Å²) in [4.78, 5) is 28.8. The number of imidazole rings is 1. The molecule has 0 spiro atoms. The summed E-state index contributed by atoms with van der Waals surface area (Å²) >= 11 is 0. The molecular formula is C22H24N2O2. The lowest BCUT2D eigenvalue weighted by Gasteiger charge is -2.15. The molecule has 4 heteroatoms.